The zero-order valence-corrected chi connectivity index (χ0v) is 13.7. The molecule has 0 heterocycles. The van der Waals surface area contributed by atoms with E-state index in [0.29, 0.717) is 5.02 Å². The molecule has 2 amide bonds. The van der Waals surface area contributed by atoms with Crippen molar-refractivity contribution in [1.29, 1.82) is 0 Å². The van der Waals surface area contributed by atoms with Crippen LogP contribution in [-0.4, -0.2) is 6.03 Å². The highest BCUT2D eigenvalue weighted by atomic mass is 79.9. The summed E-state index contributed by atoms with van der Waals surface area (Å²) in [5.41, 5.74) is 2.80. The summed E-state index contributed by atoms with van der Waals surface area (Å²) in [6, 6.07) is 12.8. The molecule has 0 aromatic heterocycles. The van der Waals surface area contributed by atoms with Crippen LogP contribution in [0.3, 0.4) is 0 Å². The molecule has 0 aliphatic heterocycles. The Labute approximate surface area is 137 Å². The van der Waals surface area contributed by atoms with Crippen LogP contribution in [0.1, 0.15) is 11.1 Å². The lowest BCUT2D eigenvalue weighted by atomic mass is 10.2. The van der Waals surface area contributed by atoms with Crippen molar-refractivity contribution >= 4 is 45.3 Å². The first kappa shape index (κ1) is 15.6. The lowest BCUT2D eigenvalue weighted by Gasteiger charge is -2.07. The first-order valence-electron chi connectivity index (χ1n) is 6.30. The van der Waals surface area contributed by atoms with Crippen molar-refractivity contribution in [1.82, 2.24) is 5.32 Å². The fourth-order valence-corrected chi connectivity index (χ4v) is 2.39. The molecule has 21 heavy (non-hydrogen) atoms. The number of urea groups is 1. The summed E-state index contributed by atoms with van der Waals surface area (Å²) in [6.45, 7) is 1.99. The maximum atomic E-state index is 11.8. The second-order valence-electron chi connectivity index (χ2n) is 4.47. The van der Waals surface area contributed by atoms with Gasteiger partial charge in [0, 0.05) is 15.7 Å². The molecule has 0 saturated carbocycles. The van der Waals surface area contributed by atoms with Crippen LogP contribution in [0.15, 0.2) is 53.1 Å². The average Bonchev–Trinajstić information content (AvgIpc) is 2.44. The van der Waals surface area contributed by atoms with Gasteiger partial charge in [-0.05, 0) is 64.3 Å². The Balaban J connectivity index is 1.91. The molecule has 0 unspecified atom stereocenters. The Morgan fingerprint density at radius 1 is 1.19 bits per heavy atom. The summed E-state index contributed by atoms with van der Waals surface area (Å²) in [4.78, 5) is 11.8. The van der Waals surface area contributed by atoms with Crippen LogP contribution < -0.4 is 10.6 Å². The molecule has 108 valence electrons. The number of carbonyl (C=O) groups is 1. The third-order valence-electron chi connectivity index (χ3n) is 2.73. The van der Waals surface area contributed by atoms with Gasteiger partial charge in [0.2, 0.25) is 0 Å². The number of amides is 2. The van der Waals surface area contributed by atoms with Gasteiger partial charge in [-0.3, -0.25) is 0 Å². The molecule has 0 atom stereocenters. The predicted octanol–water partition coefficient (Wildman–Crippen LogP) is 5.20. The molecular formula is C16H14BrClN2O. The Kier molecular flexibility index (Phi) is 5.42. The highest BCUT2D eigenvalue weighted by Gasteiger charge is 2.03. The molecular weight excluding hydrogens is 352 g/mol. The van der Waals surface area contributed by atoms with Crippen molar-refractivity contribution in [3.63, 3.8) is 0 Å². The maximum absolute atomic E-state index is 11.8. The van der Waals surface area contributed by atoms with Gasteiger partial charge in [-0.15, -0.1) is 0 Å². The molecule has 2 aromatic rings. The van der Waals surface area contributed by atoms with Crippen LogP contribution in [-0.2, 0) is 0 Å². The van der Waals surface area contributed by atoms with Crippen LogP contribution in [0.2, 0.25) is 5.02 Å². The van der Waals surface area contributed by atoms with Crippen molar-refractivity contribution in [3.05, 3.63) is 69.3 Å². The topological polar surface area (TPSA) is 41.1 Å². The summed E-state index contributed by atoms with van der Waals surface area (Å²) in [7, 11) is 0. The minimum absolute atomic E-state index is 0.301. The molecule has 2 N–H and O–H groups in total. The number of carbonyl (C=O) groups excluding carboxylic acids is 1. The van der Waals surface area contributed by atoms with Crippen molar-refractivity contribution in [2.75, 3.05) is 5.32 Å². The van der Waals surface area contributed by atoms with Crippen molar-refractivity contribution in [2.24, 2.45) is 0 Å². The quantitative estimate of drug-likeness (QED) is 0.771. The SMILES string of the molecule is Cc1ccc(NC(=O)N/C=C/c2ccc(Cl)cc2)c(Br)c1. The van der Waals surface area contributed by atoms with E-state index in [4.69, 9.17) is 11.6 Å². The summed E-state index contributed by atoms with van der Waals surface area (Å²) in [5, 5.41) is 6.10. The van der Waals surface area contributed by atoms with E-state index in [-0.39, 0.29) is 6.03 Å². The van der Waals surface area contributed by atoms with Crippen LogP contribution in [0.5, 0.6) is 0 Å². The first-order valence-corrected chi connectivity index (χ1v) is 7.47. The van der Waals surface area contributed by atoms with Gasteiger partial charge in [-0.2, -0.15) is 0 Å². The van der Waals surface area contributed by atoms with Gasteiger partial charge >= 0.3 is 6.03 Å². The van der Waals surface area contributed by atoms with Crippen LogP contribution in [0.25, 0.3) is 6.08 Å². The van der Waals surface area contributed by atoms with E-state index in [2.05, 4.69) is 26.6 Å². The number of benzene rings is 2. The van der Waals surface area contributed by atoms with E-state index in [9.17, 15) is 4.79 Å². The van der Waals surface area contributed by atoms with Gasteiger partial charge in [-0.25, -0.2) is 4.79 Å². The van der Waals surface area contributed by atoms with Gasteiger partial charge in [0.05, 0.1) is 5.69 Å². The number of rotatable bonds is 3. The molecule has 2 rings (SSSR count). The number of aryl methyl sites for hydroxylation is 1. The molecule has 5 heteroatoms. The highest BCUT2D eigenvalue weighted by molar-refractivity contribution is 9.10. The standard InChI is InChI=1S/C16H14BrClN2O/c1-11-2-7-15(14(17)10-11)20-16(21)19-9-8-12-3-5-13(18)6-4-12/h2-10H,1H3,(H2,19,20,21)/b9-8+. The van der Waals surface area contributed by atoms with Crippen LogP contribution in [0, 0.1) is 6.92 Å². The molecule has 0 bridgehead atoms. The fourth-order valence-electron chi connectivity index (χ4n) is 1.67. The first-order chi connectivity index (χ1) is 10.0. The molecule has 0 radical (unpaired) electrons. The average molecular weight is 366 g/mol. The lowest BCUT2D eigenvalue weighted by Crippen LogP contribution is -2.23. The number of anilines is 1. The van der Waals surface area contributed by atoms with Crippen molar-refractivity contribution in [3.8, 4) is 0 Å². The molecule has 2 aromatic carbocycles. The van der Waals surface area contributed by atoms with E-state index in [1.807, 2.05) is 37.3 Å². The lowest BCUT2D eigenvalue weighted by molar-refractivity contribution is 0.255. The number of hydrogen-bond acceptors (Lipinski definition) is 1. The summed E-state index contributed by atoms with van der Waals surface area (Å²) in [5.74, 6) is 0. The van der Waals surface area contributed by atoms with Gasteiger partial charge in [0.1, 0.15) is 0 Å². The summed E-state index contributed by atoms with van der Waals surface area (Å²) in [6.07, 6.45) is 3.38. The summed E-state index contributed by atoms with van der Waals surface area (Å²) >= 11 is 9.22. The Hall–Kier alpha value is -1.78. The predicted molar refractivity (Wildman–Crippen MR) is 91.5 cm³/mol. The second kappa shape index (κ2) is 7.29. The number of nitrogens with one attached hydrogen (secondary N) is 2. The van der Waals surface area contributed by atoms with Gasteiger partial charge < -0.3 is 10.6 Å². The zero-order valence-electron chi connectivity index (χ0n) is 11.4. The fraction of sp³-hybridized carbons (Fsp3) is 0.0625. The monoisotopic (exact) mass is 364 g/mol. The third-order valence-corrected chi connectivity index (χ3v) is 3.64. The second-order valence-corrected chi connectivity index (χ2v) is 5.76. The van der Waals surface area contributed by atoms with E-state index in [1.165, 1.54) is 0 Å². The molecule has 3 nitrogen and oxygen atoms in total. The maximum Gasteiger partial charge on any atom is 0.323 e. The van der Waals surface area contributed by atoms with E-state index in [0.717, 1.165) is 21.3 Å². The zero-order chi connectivity index (χ0) is 15.2. The highest BCUT2D eigenvalue weighted by Crippen LogP contribution is 2.23. The van der Waals surface area contributed by atoms with E-state index < -0.39 is 0 Å². The minimum atomic E-state index is -0.301. The molecule has 0 spiro atoms. The molecule has 0 aliphatic rings. The Morgan fingerprint density at radius 2 is 1.90 bits per heavy atom. The number of hydrogen-bond donors (Lipinski definition) is 2. The smallest absolute Gasteiger partial charge is 0.314 e. The van der Waals surface area contributed by atoms with Gasteiger partial charge in [0.25, 0.3) is 0 Å². The van der Waals surface area contributed by atoms with E-state index >= 15 is 0 Å². The van der Waals surface area contributed by atoms with Crippen LogP contribution in [0.4, 0.5) is 10.5 Å². The Bertz CT molecular complexity index is 668. The van der Waals surface area contributed by atoms with Gasteiger partial charge in [0.15, 0.2) is 0 Å². The minimum Gasteiger partial charge on any atom is -0.314 e. The van der Waals surface area contributed by atoms with Crippen LogP contribution >= 0.6 is 27.5 Å². The summed E-state index contributed by atoms with van der Waals surface area (Å²) < 4.78 is 0.847. The van der Waals surface area contributed by atoms with Crippen molar-refractivity contribution < 1.29 is 4.79 Å². The van der Waals surface area contributed by atoms with Gasteiger partial charge in [-0.1, -0.05) is 29.8 Å². The third kappa shape index (κ3) is 4.92. The molecule has 0 saturated heterocycles. The largest absolute Gasteiger partial charge is 0.323 e. The Morgan fingerprint density at radius 3 is 2.57 bits per heavy atom. The molecule has 0 fully saturated rings. The normalized spacial score (nSPS) is 10.6. The van der Waals surface area contributed by atoms with Crippen molar-refractivity contribution in [2.45, 2.75) is 6.92 Å². The van der Waals surface area contributed by atoms with E-state index in [1.54, 1.807) is 24.4 Å². The molecule has 0 aliphatic carbocycles. The number of halogens is 2.